The summed E-state index contributed by atoms with van der Waals surface area (Å²) < 4.78 is 3.68. The number of carbonyl (C=O) groups is 1. The van der Waals surface area contributed by atoms with Crippen molar-refractivity contribution in [3.63, 3.8) is 0 Å². The van der Waals surface area contributed by atoms with Gasteiger partial charge in [0.05, 0.1) is 5.69 Å². The molecule has 0 aromatic heterocycles. The van der Waals surface area contributed by atoms with Gasteiger partial charge in [0, 0.05) is 24.4 Å². The molecule has 3 aliphatic rings. The van der Waals surface area contributed by atoms with Crippen molar-refractivity contribution in [2.45, 2.75) is 57.1 Å². The average molecular weight is 397 g/mol. The molecule has 0 spiro atoms. The molecule has 4 rings (SSSR count). The molecule has 0 N–H and O–H groups in total. The Kier molecular flexibility index (Phi) is 5.62. The van der Waals surface area contributed by atoms with E-state index in [0.29, 0.717) is 17.8 Å². The lowest BCUT2D eigenvalue weighted by Crippen LogP contribution is -2.19. The molecule has 0 saturated carbocycles. The minimum atomic E-state index is -0.0903. The number of para-hydroxylation sites is 1. The molecule has 0 saturated heterocycles. The summed E-state index contributed by atoms with van der Waals surface area (Å²) >= 11 is 1.66. The van der Waals surface area contributed by atoms with Gasteiger partial charge in [0.15, 0.2) is 11.0 Å². The van der Waals surface area contributed by atoms with Gasteiger partial charge >= 0.3 is 0 Å². The third kappa shape index (κ3) is 3.76. The smallest absolute Gasteiger partial charge is 0.284 e. The minimum absolute atomic E-state index is 0.0903. The third-order valence-electron chi connectivity index (χ3n) is 5.07. The van der Waals surface area contributed by atoms with Gasteiger partial charge in [-0.2, -0.15) is 4.68 Å². The summed E-state index contributed by atoms with van der Waals surface area (Å²) in [4.78, 5) is 29.1. The third-order valence-corrected chi connectivity index (χ3v) is 6.13. The summed E-state index contributed by atoms with van der Waals surface area (Å²) in [5.74, 6) is 1.57. The van der Waals surface area contributed by atoms with E-state index >= 15 is 0 Å². The molecule has 0 aliphatic carbocycles. The maximum absolute atomic E-state index is 13.2. The highest BCUT2D eigenvalue weighted by Gasteiger charge is 2.26. The highest BCUT2D eigenvalue weighted by molar-refractivity contribution is 7.99. The Balaban J connectivity index is 1.78. The maximum atomic E-state index is 13.2. The van der Waals surface area contributed by atoms with Crippen molar-refractivity contribution < 1.29 is 4.79 Å². The predicted molar refractivity (Wildman–Crippen MR) is 110 cm³/mol. The molecule has 0 atom stereocenters. The van der Waals surface area contributed by atoms with E-state index < -0.39 is 0 Å². The monoisotopic (exact) mass is 396 g/mol. The standard InChI is InChI=1S/C21H24N4O2S/c1-15(26)9-8-14-28-21-22-19-18(17-12-6-3-7-13-24(17)21)20(27)25(23-19)16-10-4-2-5-11-16/h2,4-5,10-11H,3,6-9,12-14H2,1H3. The Bertz CT molecular complexity index is 1010. The van der Waals surface area contributed by atoms with Crippen LogP contribution < -0.4 is 5.56 Å². The lowest BCUT2D eigenvalue weighted by atomic mass is 10.1. The van der Waals surface area contributed by atoms with Crippen LogP contribution in [0.15, 0.2) is 40.3 Å². The summed E-state index contributed by atoms with van der Waals surface area (Å²) in [5.41, 5.74) is 2.38. The van der Waals surface area contributed by atoms with Crippen LogP contribution in [0.4, 0.5) is 0 Å². The van der Waals surface area contributed by atoms with E-state index in [0.717, 1.165) is 60.9 Å². The second-order valence-corrected chi connectivity index (χ2v) is 8.27. The molecule has 3 heterocycles. The first-order valence-corrected chi connectivity index (χ1v) is 10.8. The van der Waals surface area contributed by atoms with Crippen LogP contribution in [0, 0.1) is 0 Å². The molecule has 0 fully saturated rings. The Morgan fingerprint density at radius 2 is 2.00 bits per heavy atom. The maximum Gasteiger partial charge on any atom is 0.284 e. The summed E-state index contributed by atoms with van der Waals surface area (Å²) in [6.07, 6.45) is 5.61. The number of hydrogen-bond donors (Lipinski definition) is 0. The number of rotatable bonds is 6. The van der Waals surface area contributed by atoms with Crippen molar-refractivity contribution in [3.8, 4) is 17.1 Å². The molecule has 0 unspecified atom stereocenters. The summed E-state index contributed by atoms with van der Waals surface area (Å²) in [5, 5.41) is 5.46. The van der Waals surface area contributed by atoms with Crippen molar-refractivity contribution >= 4 is 17.5 Å². The average Bonchev–Trinajstić information content (AvgIpc) is 2.87. The van der Waals surface area contributed by atoms with Gasteiger partial charge in [0.1, 0.15) is 11.3 Å². The number of hydrogen-bond acceptors (Lipinski definition) is 5. The Morgan fingerprint density at radius 3 is 2.79 bits per heavy atom. The fourth-order valence-electron chi connectivity index (χ4n) is 3.69. The Hall–Kier alpha value is -2.41. The van der Waals surface area contributed by atoms with Crippen LogP contribution >= 0.6 is 11.8 Å². The van der Waals surface area contributed by atoms with Gasteiger partial charge in [-0.05, 0) is 44.7 Å². The predicted octanol–water partition coefficient (Wildman–Crippen LogP) is 3.72. The van der Waals surface area contributed by atoms with Crippen LogP contribution in [-0.4, -0.2) is 30.9 Å². The first-order chi connectivity index (χ1) is 13.6. The van der Waals surface area contributed by atoms with Crippen molar-refractivity contribution in [2.24, 2.45) is 0 Å². The number of carbonyl (C=O) groups excluding carboxylic acids is 1. The normalized spacial score (nSPS) is 14.0. The van der Waals surface area contributed by atoms with E-state index in [2.05, 4.69) is 9.67 Å². The SMILES string of the molecule is CC(=O)CCCSc1nc2nn(-c3ccccc3)c(=O)c-2c2n1CCCCC2. The van der Waals surface area contributed by atoms with E-state index in [9.17, 15) is 9.59 Å². The zero-order valence-electron chi connectivity index (χ0n) is 16.1. The van der Waals surface area contributed by atoms with Crippen molar-refractivity contribution in [3.05, 3.63) is 46.4 Å². The molecule has 28 heavy (non-hydrogen) atoms. The summed E-state index contributed by atoms with van der Waals surface area (Å²) in [6.45, 7) is 2.50. The largest absolute Gasteiger partial charge is 0.324 e. The molecule has 0 amide bonds. The second-order valence-electron chi connectivity index (χ2n) is 7.21. The zero-order chi connectivity index (χ0) is 19.5. The number of nitrogens with zero attached hydrogens (tertiary/aromatic N) is 4. The molecular weight excluding hydrogens is 372 g/mol. The lowest BCUT2D eigenvalue weighted by molar-refractivity contribution is -0.117. The van der Waals surface area contributed by atoms with Crippen molar-refractivity contribution in [1.29, 1.82) is 0 Å². The quantitative estimate of drug-likeness (QED) is 0.361. The zero-order valence-corrected chi connectivity index (χ0v) is 16.9. The number of Topliss-reactive ketones (excluding diaryl/α,β-unsaturated/α-hetero) is 1. The second kappa shape index (κ2) is 8.31. The van der Waals surface area contributed by atoms with Crippen LogP contribution in [0.5, 0.6) is 0 Å². The van der Waals surface area contributed by atoms with E-state index in [1.165, 1.54) is 4.68 Å². The van der Waals surface area contributed by atoms with Crippen LogP contribution in [0.2, 0.25) is 0 Å². The Labute approximate surface area is 168 Å². The molecule has 146 valence electrons. The van der Waals surface area contributed by atoms with E-state index in [-0.39, 0.29) is 11.3 Å². The van der Waals surface area contributed by atoms with Gasteiger partial charge in [-0.15, -0.1) is 5.10 Å². The van der Waals surface area contributed by atoms with Crippen LogP contribution in [0.1, 0.15) is 44.7 Å². The van der Waals surface area contributed by atoms with Gasteiger partial charge < -0.3 is 9.36 Å². The number of thioether (sulfide) groups is 1. The summed E-state index contributed by atoms with van der Waals surface area (Å²) in [6, 6.07) is 9.50. The Morgan fingerprint density at radius 1 is 1.18 bits per heavy atom. The van der Waals surface area contributed by atoms with Crippen LogP contribution in [-0.2, 0) is 17.8 Å². The molecule has 3 aliphatic heterocycles. The van der Waals surface area contributed by atoms with Gasteiger partial charge in [-0.3, -0.25) is 4.79 Å². The first kappa shape index (κ1) is 18.9. The summed E-state index contributed by atoms with van der Waals surface area (Å²) in [7, 11) is 0. The van der Waals surface area contributed by atoms with E-state index in [4.69, 9.17) is 4.98 Å². The minimum Gasteiger partial charge on any atom is -0.324 e. The number of fused-ring (bicyclic) bond motifs is 3. The number of aromatic nitrogens is 4. The highest BCUT2D eigenvalue weighted by atomic mass is 32.2. The molecule has 7 heteroatoms. The van der Waals surface area contributed by atoms with Gasteiger partial charge in [0.2, 0.25) is 0 Å². The van der Waals surface area contributed by atoms with Gasteiger partial charge in [-0.1, -0.05) is 36.4 Å². The molecule has 0 bridgehead atoms. The molecule has 6 nitrogen and oxygen atoms in total. The highest BCUT2D eigenvalue weighted by Crippen LogP contribution is 2.30. The van der Waals surface area contributed by atoms with E-state index in [1.54, 1.807) is 18.7 Å². The fraction of sp³-hybridized carbons (Fsp3) is 0.429. The number of benzene rings is 1. The van der Waals surface area contributed by atoms with Crippen molar-refractivity contribution in [1.82, 2.24) is 19.3 Å². The van der Waals surface area contributed by atoms with Gasteiger partial charge in [-0.25, -0.2) is 4.98 Å². The lowest BCUT2D eigenvalue weighted by Gasteiger charge is -2.17. The molecule has 1 aromatic rings. The number of ketones is 1. The van der Waals surface area contributed by atoms with E-state index in [1.807, 2.05) is 30.3 Å². The van der Waals surface area contributed by atoms with Crippen molar-refractivity contribution in [2.75, 3.05) is 5.75 Å². The molecule has 1 aromatic carbocycles. The first-order valence-electron chi connectivity index (χ1n) is 9.85. The van der Waals surface area contributed by atoms with Crippen LogP contribution in [0.3, 0.4) is 0 Å². The van der Waals surface area contributed by atoms with Crippen LogP contribution in [0.25, 0.3) is 17.1 Å². The van der Waals surface area contributed by atoms with Gasteiger partial charge in [0.25, 0.3) is 5.56 Å². The topological polar surface area (TPSA) is 69.8 Å². The molecular formula is C21H24N4O2S. The molecule has 0 radical (unpaired) electrons. The fourth-order valence-corrected chi connectivity index (χ4v) is 4.67.